The van der Waals surface area contributed by atoms with Crippen molar-refractivity contribution in [2.75, 3.05) is 12.4 Å². The van der Waals surface area contributed by atoms with Gasteiger partial charge in [-0.15, -0.1) is 0 Å². The zero-order valence-electron chi connectivity index (χ0n) is 18.8. The number of benzene rings is 3. The van der Waals surface area contributed by atoms with Crippen LogP contribution in [0, 0.1) is 22.9 Å². The number of amides is 2. The van der Waals surface area contributed by atoms with Crippen molar-refractivity contribution in [1.82, 2.24) is 5.43 Å². The summed E-state index contributed by atoms with van der Waals surface area (Å²) < 4.78 is 24.7. The van der Waals surface area contributed by atoms with Crippen molar-refractivity contribution in [2.45, 2.75) is 13.5 Å². The van der Waals surface area contributed by atoms with Gasteiger partial charge >= 0.3 is 11.8 Å². The van der Waals surface area contributed by atoms with E-state index in [9.17, 15) is 24.1 Å². The monoisotopic (exact) mass is 480 g/mol. The van der Waals surface area contributed by atoms with Crippen LogP contribution in [0.1, 0.15) is 16.7 Å². The zero-order chi connectivity index (χ0) is 25.4. The normalized spacial score (nSPS) is 10.6. The van der Waals surface area contributed by atoms with E-state index in [0.717, 1.165) is 6.07 Å². The molecule has 0 atom stereocenters. The first-order valence-electron chi connectivity index (χ1n) is 10.2. The molecular formula is C24H21FN4O6. The first-order valence-corrected chi connectivity index (χ1v) is 10.2. The highest BCUT2D eigenvalue weighted by Gasteiger charge is 2.15. The van der Waals surface area contributed by atoms with Gasteiger partial charge in [-0.3, -0.25) is 19.7 Å². The largest absolute Gasteiger partial charge is 0.496 e. The number of hydrogen-bond acceptors (Lipinski definition) is 7. The van der Waals surface area contributed by atoms with E-state index >= 15 is 0 Å². The Morgan fingerprint density at radius 2 is 1.89 bits per heavy atom. The average Bonchev–Trinajstić information content (AvgIpc) is 2.84. The third-order valence-corrected chi connectivity index (χ3v) is 4.77. The summed E-state index contributed by atoms with van der Waals surface area (Å²) in [5, 5.41) is 16.9. The number of hydrazone groups is 1. The molecule has 35 heavy (non-hydrogen) atoms. The van der Waals surface area contributed by atoms with E-state index in [0.29, 0.717) is 28.2 Å². The Morgan fingerprint density at radius 1 is 1.11 bits per heavy atom. The van der Waals surface area contributed by atoms with Crippen LogP contribution < -0.4 is 20.2 Å². The smallest absolute Gasteiger partial charge is 0.329 e. The molecule has 0 aliphatic rings. The molecule has 0 fully saturated rings. The molecule has 180 valence electrons. The Hall–Kier alpha value is -4.80. The van der Waals surface area contributed by atoms with Crippen LogP contribution in [0.15, 0.2) is 65.8 Å². The van der Waals surface area contributed by atoms with Gasteiger partial charge in [0.25, 0.3) is 5.69 Å². The number of hydrogen-bond donors (Lipinski definition) is 2. The highest BCUT2D eigenvalue weighted by atomic mass is 19.1. The minimum Gasteiger partial charge on any atom is -0.496 e. The molecule has 10 nitrogen and oxygen atoms in total. The van der Waals surface area contributed by atoms with Gasteiger partial charge in [0, 0.05) is 17.2 Å². The summed E-state index contributed by atoms with van der Waals surface area (Å²) in [6, 6.07) is 14.9. The van der Waals surface area contributed by atoms with Gasteiger partial charge in [-0.1, -0.05) is 12.1 Å². The van der Waals surface area contributed by atoms with Crippen LogP contribution >= 0.6 is 0 Å². The quantitative estimate of drug-likeness (QED) is 0.219. The molecule has 0 radical (unpaired) electrons. The lowest BCUT2D eigenvalue weighted by Gasteiger charge is -2.11. The predicted molar refractivity (Wildman–Crippen MR) is 126 cm³/mol. The van der Waals surface area contributed by atoms with E-state index in [4.69, 9.17) is 9.47 Å². The summed E-state index contributed by atoms with van der Waals surface area (Å²) in [5.41, 5.74) is 3.63. The third-order valence-electron chi connectivity index (χ3n) is 4.77. The Bertz CT molecular complexity index is 1290. The first-order chi connectivity index (χ1) is 16.8. The Balaban J connectivity index is 1.63. The number of anilines is 1. The number of para-hydroxylation sites is 1. The number of carbonyl (C=O) groups excluding carboxylic acids is 2. The fraction of sp³-hybridized carbons (Fsp3) is 0.125. The van der Waals surface area contributed by atoms with E-state index in [1.54, 1.807) is 31.2 Å². The van der Waals surface area contributed by atoms with Crippen LogP contribution in [-0.2, 0) is 16.2 Å². The highest BCUT2D eigenvalue weighted by Crippen LogP contribution is 2.26. The van der Waals surface area contributed by atoms with E-state index < -0.39 is 22.6 Å². The van der Waals surface area contributed by atoms with Crippen LogP contribution in [0.5, 0.6) is 11.5 Å². The van der Waals surface area contributed by atoms with Crippen molar-refractivity contribution in [1.29, 1.82) is 0 Å². The second-order valence-corrected chi connectivity index (χ2v) is 7.20. The number of halogens is 1. The maximum atomic E-state index is 13.6. The molecule has 3 aromatic rings. The number of carbonyl (C=O) groups is 2. The van der Waals surface area contributed by atoms with Crippen LogP contribution in [0.3, 0.4) is 0 Å². The standard InChI is InChI=1S/C24H21FN4O6/c1-15-11-18(8-9-21(15)29(32)33)35-14-17-12-16(7-10-22(17)34-2)13-26-28-24(31)23(30)27-20-6-4-3-5-19(20)25/h3-13H,14H2,1-2H3,(H,27,30)(H,28,31)/b26-13+. The number of nitro groups is 1. The second kappa shape index (κ2) is 11.4. The number of nitrogens with one attached hydrogen (secondary N) is 2. The van der Waals surface area contributed by atoms with Crippen molar-refractivity contribution in [3.05, 3.63) is 93.3 Å². The molecule has 3 aromatic carbocycles. The molecule has 2 amide bonds. The Morgan fingerprint density at radius 3 is 2.57 bits per heavy atom. The summed E-state index contributed by atoms with van der Waals surface area (Å²) in [6.07, 6.45) is 1.31. The molecule has 0 heterocycles. The van der Waals surface area contributed by atoms with Crippen molar-refractivity contribution in [3.63, 3.8) is 0 Å². The summed E-state index contributed by atoms with van der Waals surface area (Å²) in [7, 11) is 1.50. The van der Waals surface area contributed by atoms with Gasteiger partial charge in [0.15, 0.2) is 0 Å². The molecule has 2 N–H and O–H groups in total. The van der Waals surface area contributed by atoms with E-state index in [1.165, 1.54) is 43.7 Å². The number of nitro benzene ring substituents is 1. The van der Waals surface area contributed by atoms with Gasteiger partial charge in [0.2, 0.25) is 0 Å². The molecule has 0 aliphatic carbocycles. The number of aryl methyl sites for hydroxylation is 1. The fourth-order valence-corrected chi connectivity index (χ4v) is 3.03. The topological polar surface area (TPSA) is 132 Å². The molecule has 0 bridgehead atoms. The summed E-state index contributed by atoms with van der Waals surface area (Å²) in [6.45, 7) is 1.72. The minimum atomic E-state index is -1.07. The predicted octanol–water partition coefficient (Wildman–Crippen LogP) is 3.72. The number of rotatable bonds is 8. The van der Waals surface area contributed by atoms with Crippen LogP contribution in [0.4, 0.5) is 15.8 Å². The van der Waals surface area contributed by atoms with E-state index in [1.807, 2.05) is 0 Å². The second-order valence-electron chi connectivity index (χ2n) is 7.20. The highest BCUT2D eigenvalue weighted by molar-refractivity contribution is 6.39. The van der Waals surface area contributed by atoms with Gasteiger partial charge in [-0.25, -0.2) is 9.82 Å². The van der Waals surface area contributed by atoms with Crippen molar-refractivity contribution in [3.8, 4) is 11.5 Å². The molecule has 0 spiro atoms. The van der Waals surface area contributed by atoms with Crippen LogP contribution in [0.2, 0.25) is 0 Å². The molecule has 0 aliphatic heterocycles. The molecule has 3 rings (SSSR count). The molecular weight excluding hydrogens is 459 g/mol. The van der Waals surface area contributed by atoms with Crippen molar-refractivity contribution >= 4 is 29.4 Å². The van der Waals surface area contributed by atoms with Gasteiger partial charge in [-0.05, 0) is 55.0 Å². The molecule has 0 aromatic heterocycles. The maximum Gasteiger partial charge on any atom is 0.329 e. The van der Waals surface area contributed by atoms with Gasteiger partial charge in [0.05, 0.1) is 23.9 Å². The maximum absolute atomic E-state index is 13.6. The lowest BCUT2D eigenvalue weighted by molar-refractivity contribution is -0.385. The number of nitrogens with zero attached hydrogens (tertiary/aromatic N) is 2. The Kier molecular flexibility index (Phi) is 8.06. The molecule has 0 saturated carbocycles. The number of ether oxygens (including phenoxy) is 2. The van der Waals surface area contributed by atoms with Gasteiger partial charge in [-0.2, -0.15) is 5.10 Å². The van der Waals surface area contributed by atoms with Crippen molar-refractivity contribution < 1.29 is 28.4 Å². The summed E-state index contributed by atoms with van der Waals surface area (Å²) in [5.74, 6) is -1.84. The van der Waals surface area contributed by atoms with Crippen molar-refractivity contribution in [2.24, 2.45) is 5.10 Å². The molecule has 0 saturated heterocycles. The summed E-state index contributed by atoms with van der Waals surface area (Å²) >= 11 is 0. The fourth-order valence-electron chi connectivity index (χ4n) is 3.03. The average molecular weight is 480 g/mol. The van der Waals surface area contributed by atoms with Crippen LogP contribution in [0.25, 0.3) is 0 Å². The van der Waals surface area contributed by atoms with E-state index in [2.05, 4.69) is 15.8 Å². The third kappa shape index (κ3) is 6.60. The van der Waals surface area contributed by atoms with Gasteiger partial charge < -0.3 is 14.8 Å². The zero-order valence-corrected chi connectivity index (χ0v) is 18.8. The SMILES string of the molecule is COc1ccc(/C=N/NC(=O)C(=O)Nc2ccccc2F)cc1COc1ccc([N+](=O)[O-])c(C)c1. The summed E-state index contributed by atoms with van der Waals surface area (Å²) in [4.78, 5) is 34.3. The lowest BCUT2D eigenvalue weighted by atomic mass is 10.1. The first kappa shape index (κ1) is 24.8. The lowest BCUT2D eigenvalue weighted by Crippen LogP contribution is -2.32. The van der Waals surface area contributed by atoms with Crippen LogP contribution in [-0.4, -0.2) is 30.1 Å². The van der Waals surface area contributed by atoms with E-state index in [-0.39, 0.29) is 18.0 Å². The minimum absolute atomic E-state index is 0.00206. The molecule has 0 unspecified atom stereocenters. The number of methoxy groups -OCH3 is 1. The molecule has 11 heteroatoms. The Labute approximate surface area is 199 Å². The van der Waals surface area contributed by atoms with Gasteiger partial charge in [0.1, 0.15) is 23.9 Å².